The van der Waals surface area contributed by atoms with Gasteiger partial charge in [0.05, 0.1) is 0 Å². The Bertz CT molecular complexity index is 202. The van der Waals surface area contributed by atoms with Gasteiger partial charge in [-0.1, -0.05) is 37.6 Å². The Hall–Kier alpha value is -1.05. The van der Waals surface area contributed by atoms with Crippen LogP contribution in [0.5, 0.6) is 0 Å². The second-order valence-electron chi connectivity index (χ2n) is 2.65. The first-order valence-electron chi connectivity index (χ1n) is 4.86. The SMILES string of the molecule is CC.O=C(O)CCC1=CCCC=C1. The molecule has 0 saturated heterocycles. The Morgan fingerprint density at radius 3 is 2.62 bits per heavy atom. The third kappa shape index (κ3) is 6.14. The first-order chi connectivity index (χ1) is 6.29. The number of hydrogen-bond acceptors (Lipinski definition) is 1. The summed E-state index contributed by atoms with van der Waals surface area (Å²) in [5.74, 6) is -0.718. The summed E-state index contributed by atoms with van der Waals surface area (Å²) in [7, 11) is 0. The molecule has 0 spiro atoms. The molecule has 0 aromatic rings. The van der Waals surface area contributed by atoms with Gasteiger partial charge < -0.3 is 5.11 Å². The van der Waals surface area contributed by atoms with Gasteiger partial charge in [-0.05, 0) is 19.3 Å². The molecule has 1 aliphatic carbocycles. The minimum Gasteiger partial charge on any atom is -0.481 e. The standard InChI is InChI=1S/C9H12O2.C2H6/c10-9(11)7-6-8-4-2-1-3-5-8;1-2/h2,4-5H,1,3,6-7H2,(H,10,11);1-2H3. The van der Waals surface area contributed by atoms with Crippen LogP contribution in [-0.2, 0) is 4.79 Å². The molecule has 0 saturated carbocycles. The van der Waals surface area contributed by atoms with Gasteiger partial charge in [0.1, 0.15) is 0 Å². The molecule has 0 amide bonds. The van der Waals surface area contributed by atoms with Crippen molar-refractivity contribution in [2.24, 2.45) is 0 Å². The van der Waals surface area contributed by atoms with Crippen LogP contribution in [0.15, 0.2) is 23.8 Å². The highest BCUT2D eigenvalue weighted by atomic mass is 16.4. The van der Waals surface area contributed by atoms with Crippen molar-refractivity contribution in [3.05, 3.63) is 23.8 Å². The van der Waals surface area contributed by atoms with Gasteiger partial charge in [-0.15, -0.1) is 0 Å². The summed E-state index contributed by atoms with van der Waals surface area (Å²) in [5.41, 5.74) is 1.17. The summed E-state index contributed by atoms with van der Waals surface area (Å²) >= 11 is 0. The van der Waals surface area contributed by atoms with Crippen molar-refractivity contribution < 1.29 is 9.90 Å². The minimum absolute atomic E-state index is 0.246. The van der Waals surface area contributed by atoms with E-state index >= 15 is 0 Å². The number of rotatable bonds is 3. The van der Waals surface area contributed by atoms with E-state index < -0.39 is 5.97 Å². The van der Waals surface area contributed by atoms with Crippen LogP contribution in [0.1, 0.15) is 39.5 Å². The average molecular weight is 182 g/mol. The molecule has 0 radical (unpaired) electrons. The van der Waals surface area contributed by atoms with E-state index in [1.54, 1.807) is 0 Å². The lowest BCUT2D eigenvalue weighted by Gasteiger charge is -2.03. The van der Waals surface area contributed by atoms with E-state index in [2.05, 4.69) is 12.2 Å². The maximum absolute atomic E-state index is 10.2. The van der Waals surface area contributed by atoms with Gasteiger partial charge in [-0.2, -0.15) is 0 Å². The Labute approximate surface area is 80.0 Å². The first kappa shape index (κ1) is 11.9. The van der Waals surface area contributed by atoms with Crippen molar-refractivity contribution in [3.8, 4) is 0 Å². The van der Waals surface area contributed by atoms with Crippen molar-refractivity contribution in [1.82, 2.24) is 0 Å². The molecule has 2 heteroatoms. The molecule has 1 rings (SSSR count). The van der Waals surface area contributed by atoms with Crippen LogP contribution >= 0.6 is 0 Å². The normalized spacial score (nSPS) is 14.2. The summed E-state index contributed by atoms with van der Waals surface area (Å²) in [5, 5.41) is 8.39. The van der Waals surface area contributed by atoms with Gasteiger partial charge in [0.25, 0.3) is 0 Å². The van der Waals surface area contributed by atoms with Crippen LogP contribution < -0.4 is 0 Å². The van der Waals surface area contributed by atoms with Crippen LogP contribution in [0.2, 0.25) is 0 Å². The predicted molar refractivity (Wildman–Crippen MR) is 54.7 cm³/mol. The molecule has 0 heterocycles. The largest absolute Gasteiger partial charge is 0.481 e. The molecule has 1 aliphatic rings. The Kier molecular flexibility index (Phi) is 6.98. The van der Waals surface area contributed by atoms with Crippen molar-refractivity contribution in [2.45, 2.75) is 39.5 Å². The monoisotopic (exact) mass is 182 g/mol. The van der Waals surface area contributed by atoms with Crippen LogP contribution in [0.4, 0.5) is 0 Å². The summed E-state index contributed by atoms with van der Waals surface area (Å²) in [6.07, 6.45) is 9.30. The topological polar surface area (TPSA) is 37.3 Å². The average Bonchev–Trinajstić information content (AvgIpc) is 2.19. The van der Waals surface area contributed by atoms with E-state index in [1.165, 1.54) is 5.57 Å². The molecule has 0 aromatic carbocycles. The van der Waals surface area contributed by atoms with Gasteiger partial charge in [-0.3, -0.25) is 4.79 Å². The zero-order valence-corrected chi connectivity index (χ0v) is 8.42. The fraction of sp³-hybridized carbons (Fsp3) is 0.545. The lowest BCUT2D eigenvalue weighted by atomic mass is 10.0. The quantitative estimate of drug-likeness (QED) is 0.728. The van der Waals surface area contributed by atoms with Gasteiger partial charge >= 0.3 is 5.97 Å². The van der Waals surface area contributed by atoms with Gasteiger partial charge in [-0.25, -0.2) is 0 Å². The fourth-order valence-corrected chi connectivity index (χ4v) is 1.10. The molecular formula is C11H18O2. The molecule has 13 heavy (non-hydrogen) atoms. The van der Waals surface area contributed by atoms with Crippen LogP contribution in [-0.4, -0.2) is 11.1 Å². The predicted octanol–water partition coefficient (Wildman–Crippen LogP) is 3.15. The number of carboxylic acid groups (broad SMARTS) is 1. The highest BCUT2D eigenvalue weighted by Crippen LogP contribution is 2.14. The van der Waals surface area contributed by atoms with Gasteiger partial charge in [0.15, 0.2) is 0 Å². The number of aliphatic carboxylic acids is 1. The Balaban J connectivity index is 0.000000671. The Morgan fingerprint density at radius 1 is 1.46 bits per heavy atom. The molecule has 0 unspecified atom stereocenters. The number of hydrogen-bond donors (Lipinski definition) is 1. The maximum atomic E-state index is 10.2. The van der Waals surface area contributed by atoms with Crippen molar-refractivity contribution >= 4 is 5.97 Å². The molecule has 0 aliphatic heterocycles. The summed E-state index contributed by atoms with van der Waals surface area (Å²) < 4.78 is 0. The van der Waals surface area contributed by atoms with Crippen LogP contribution in [0.3, 0.4) is 0 Å². The second kappa shape index (κ2) is 7.59. The van der Waals surface area contributed by atoms with Crippen LogP contribution in [0.25, 0.3) is 0 Å². The van der Waals surface area contributed by atoms with Gasteiger partial charge in [0, 0.05) is 6.42 Å². The van der Waals surface area contributed by atoms with Crippen molar-refractivity contribution in [1.29, 1.82) is 0 Å². The number of carboxylic acids is 1. The number of carbonyl (C=O) groups is 1. The van der Waals surface area contributed by atoms with E-state index in [0.29, 0.717) is 6.42 Å². The van der Waals surface area contributed by atoms with E-state index in [9.17, 15) is 4.79 Å². The number of allylic oxidation sites excluding steroid dienone is 4. The molecule has 1 N–H and O–H groups in total. The summed E-state index contributed by atoms with van der Waals surface area (Å²) in [6, 6.07) is 0. The summed E-state index contributed by atoms with van der Waals surface area (Å²) in [6.45, 7) is 4.00. The maximum Gasteiger partial charge on any atom is 0.303 e. The van der Waals surface area contributed by atoms with Crippen LogP contribution in [0, 0.1) is 0 Å². The van der Waals surface area contributed by atoms with Gasteiger partial charge in [0.2, 0.25) is 0 Å². The lowest BCUT2D eigenvalue weighted by molar-refractivity contribution is -0.136. The zero-order chi connectivity index (χ0) is 10.1. The van der Waals surface area contributed by atoms with Crippen molar-refractivity contribution in [3.63, 3.8) is 0 Å². The molecule has 0 bridgehead atoms. The van der Waals surface area contributed by atoms with E-state index in [-0.39, 0.29) is 6.42 Å². The third-order valence-electron chi connectivity index (χ3n) is 1.70. The molecule has 0 aromatic heterocycles. The zero-order valence-electron chi connectivity index (χ0n) is 8.42. The molecular weight excluding hydrogens is 164 g/mol. The molecule has 0 atom stereocenters. The second-order valence-corrected chi connectivity index (χ2v) is 2.65. The first-order valence-corrected chi connectivity index (χ1v) is 4.86. The van der Waals surface area contributed by atoms with Crippen molar-refractivity contribution in [2.75, 3.05) is 0 Å². The fourth-order valence-electron chi connectivity index (χ4n) is 1.10. The smallest absolute Gasteiger partial charge is 0.303 e. The molecule has 2 nitrogen and oxygen atoms in total. The lowest BCUT2D eigenvalue weighted by Crippen LogP contribution is -1.95. The Morgan fingerprint density at radius 2 is 2.15 bits per heavy atom. The summed E-state index contributed by atoms with van der Waals surface area (Å²) in [4.78, 5) is 10.2. The molecule has 0 fully saturated rings. The highest BCUT2D eigenvalue weighted by Gasteiger charge is 2.00. The van der Waals surface area contributed by atoms with E-state index in [1.807, 2.05) is 19.9 Å². The van der Waals surface area contributed by atoms with E-state index in [0.717, 1.165) is 12.8 Å². The van der Waals surface area contributed by atoms with E-state index in [4.69, 9.17) is 5.11 Å². The third-order valence-corrected chi connectivity index (χ3v) is 1.70. The minimum atomic E-state index is -0.718. The highest BCUT2D eigenvalue weighted by molar-refractivity contribution is 5.67. The molecule has 74 valence electrons.